The van der Waals surface area contributed by atoms with Gasteiger partial charge in [0.15, 0.2) is 0 Å². The van der Waals surface area contributed by atoms with E-state index in [9.17, 15) is 4.79 Å². The molecule has 4 nitrogen and oxygen atoms in total. The van der Waals surface area contributed by atoms with E-state index in [0.717, 1.165) is 23.3 Å². The second-order valence-electron chi connectivity index (χ2n) is 3.86. The Hall–Kier alpha value is -2.38. The second kappa shape index (κ2) is 7.14. The first-order valence-corrected chi connectivity index (χ1v) is 5.60. The lowest BCUT2D eigenvalue weighted by molar-refractivity contribution is -0.120. The minimum atomic E-state index is -0.208. The van der Waals surface area contributed by atoms with Crippen molar-refractivity contribution in [2.24, 2.45) is 10.8 Å². The predicted molar refractivity (Wildman–Crippen MR) is 77.3 cm³/mol. The van der Waals surface area contributed by atoms with Gasteiger partial charge in [0.2, 0.25) is 5.91 Å². The number of benzene rings is 1. The maximum absolute atomic E-state index is 11.1. The van der Waals surface area contributed by atoms with Crippen LogP contribution < -0.4 is 11.3 Å². The average Bonchev–Trinajstić information content (AvgIpc) is 2.91. The Kier molecular flexibility index (Phi) is 5.52. The molecule has 1 amide bonds. The van der Waals surface area contributed by atoms with Gasteiger partial charge in [-0.25, -0.2) is 5.84 Å². The summed E-state index contributed by atoms with van der Waals surface area (Å²) >= 11 is 0. The third-order valence-electron chi connectivity index (χ3n) is 2.48. The second-order valence-corrected chi connectivity index (χ2v) is 3.86. The van der Waals surface area contributed by atoms with Crippen LogP contribution in [0.1, 0.15) is 25.0 Å². The first-order valence-electron chi connectivity index (χ1n) is 5.60. The molecule has 0 fully saturated rings. The molecule has 1 aromatic rings. The van der Waals surface area contributed by atoms with Gasteiger partial charge in [-0.15, -0.1) is 0 Å². The number of hydrogen-bond acceptors (Lipinski definition) is 3. The number of nitrogens with one attached hydrogen (secondary N) is 1. The fraction of sp³-hybridized carbons (Fsp3) is 0.200. The number of hydrazine groups is 1. The van der Waals surface area contributed by atoms with Crippen LogP contribution >= 0.6 is 0 Å². The normalized spacial score (nSPS) is 11.9. The monoisotopic (exact) mass is 255 g/mol. The van der Waals surface area contributed by atoms with Gasteiger partial charge in [0.05, 0.1) is 12.1 Å². The largest absolute Gasteiger partial charge is 0.294 e. The Bertz CT molecular complexity index is 559. The van der Waals surface area contributed by atoms with E-state index in [1.54, 1.807) is 6.20 Å². The van der Waals surface area contributed by atoms with Crippen LogP contribution in [0.5, 0.6) is 0 Å². The summed E-state index contributed by atoms with van der Waals surface area (Å²) in [6.45, 7) is 0. The molecule has 1 heterocycles. The summed E-state index contributed by atoms with van der Waals surface area (Å²) in [4.78, 5) is 15.2. The van der Waals surface area contributed by atoms with E-state index >= 15 is 0 Å². The fourth-order valence-electron chi connectivity index (χ4n) is 1.53. The third-order valence-corrected chi connectivity index (χ3v) is 2.48. The number of rotatable bonds is 2. The molecule has 0 aromatic heterocycles. The molecule has 0 spiro atoms. The van der Waals surface area contributed by atoms with Crippen molar-refractivity contribution in [3.63, 3.8) is 0 Å². The molecular weight excluding hydrogens is 238 g/mol. The van der Waals surface area contributed by atoms with Gasteiger partial charge in [0, 0.05) is 18.2 Å². The molecule has 0 saturated heterocycles. The zero-order valence-electron chi connectivity index (χ0n) is 9.81. The van der Waals surface area contributed by atoms with Crippen LogP contribution in [-0.4, -0.2) is 11.6 Å². The summed E-state index contributed by atoms with van der Waals surface area (Å²) < 4.78 is 0. The Morgan fingerprint density at radius 1 is 1.32 bits per heavy atom. The predicted octanol–water partition coefficient (Wildman–Crippen LogP) is 1.57. The Labute approximate surface area is 113 Å². The van der Waals surface area contributed by atoms with Crippen molar-refractivity contribution in [1.29, 1.82) is 0 Å². The zero-order valence-corrected chi connectivity index (χ0v) is 9.81. The van der Waals surface area contributed by atoms with Crippen LogP contribution in [0.4, 0.5) is 0 Å². The molecule has 98 valence electrons. The fourth-order valence-corrected chi connectivity index (χ4v) is 1.53. The molecule has 0 bridgehead atoms. The number of hydrogen-bond donors (Lipinski definition) is 2. The maximum atomic E-state index is 11.1. The minimum Gasteiger partial charge on any atom is -0.294 e. The van der Waals surface area contributed by atoms with Gasteiger partial charge in [0.25, 0.3) is 0 Å². The van der Waals surface area contributed by atoms with Crippen LogP contribution in [0.3, 0.4) is 0 Å². The molecule has 1 aliphatic heterocycles. The van der Waals surface area contributed by atoms with Crippen molar-refractivity contribution in [3.05, 3.63) is 47.7 Å². The Balaban J connectivity index is 0.00000180. The van der Waals surface area contributed by atoms with Crippen LogP contribution in [0.2, 0.25) is 0 Å². The van der Waals surface area contributed by atoms with Crippen molar-refractivity contribution in [1.82, 2.24) is 5.43 Å². The molecule has 1 aromatic carbocycles. The van der Waals surface area contributed by atoms with Gasteiger partial charge in [-0.2, -0.15) is 0 Å². The van der Waals surface area contributed by atoms with Gasteiger partial charge >= 0.3 is 0 Å². The van der Waals surface area contributed by atoms with E-state index in [4.69, 9.17) is 5.84 Å². The average molecular weight is 255 g/mol. The molecule has 3 N–H and O–H groups in total. The molecule has 0 saturated carbocycles. The van der Waals surface area contributed by atoms with Crippen molar-refractivity contribution < 1.29 is 4.79 Å². The van der Waals surface area contributed by atoms with E-state index in [-0.39, 0.29) is 19.8 Å². The summed E-state index contributed by atoms with van der Waals surface area (Å²) in [6, 6.07) is 7.51. The highest BCUT2D eigenvalue weighted by Gasteiger charge is 2.00. The van der Waals surface area contributed by atoms with E-state index in [1.807, 2.05) is 30.3 Å². The summed E-state index contributed by atoms with van der Waals surface area (Å²) in [5, 5.41) is 0. The molecule has 4 heteroatoms. The van der Waals surface area contributed by atoms with Crippen molar-refractivity contribution >= 4 is 11.6 Å². The van der Waals surface area contributed by atoms with Gasteiger partial charge in [-0.05, 0) is 23.6 Å². The lowest BCUT2D eigenvalue weighted by Gasteiger charge is -1.99. The number of allylic oxidation sites excluding steroid dienone is 1. The highest BCUT2D eigenvalue weighted by molar-refractivity contribution is 6.03. The number of carbonyl (C=O) groups excluding carboxylic acids is 1. The van der Waals surface area contributed by atoms with Gasteiger partial charge in [0.1, 0.15) is 0 Å². The molecule has 0 atom stereocenters. The topological polar surface area (TPSA) is 67.5 Å². The first-order chi connectivity index (χ1) is 8.78. The molecule has 2 rings (SSSR count). The number of amides is 1. The lowest BCUT2D eigenvalue weighted by Crippen LogP contribution is -2.31. The number of carbonyl (C=O) groups is 1. The molecule has 19 heavy (non-hydrogen) atoms. The quantitative estimate of drug-likeness (QED) is 0.364. The Morgan fingerprint density at radius 3 is 2.63 bits per heavy atom. The smallest absolute Gasteiger partial charge is 0.238 e. The molecule has 0 unspecified atom stereocenters. The summed E-state index contributed by atoms with van der Waals surface area (Å²) in [5.41, 5.74) is 4.79. The van der Waals surface area contributed by atoms with Crippen LogP contribution in [0.15, 0.2) is 41.5 Å². The van der Waals surface area contributed by atoms with Crippen molar-refractivity contribution in [3.8, 4) is 11.8 Å². The van der Waals surface area contributed by atoms with E-state index < -0.39 is 0 Å². The standard InChI is InChI=1S/C14H13N3O.CH4/c15-17-14(18)10-12-5-3-11(4-6-12)7-8-13-2-1-9-16-13;/h1,3-6,9H,2,10,15H2,(H,17,18);1H4. The summed E-state index contributed by atoms with van der Waals surface area (Å²) in [6.07, 6.45) is 4.82. The van der Waals surface area contributed by atoms with Gasteiger partial charge in [-0.1, -0.05) is 31.6 Å². The number of aliphatic imine (C=N–C) groups is 1. The van der Waals surface area contributed by atoms with E-state index in [1.165, 1.54) is 0 Å². The molecule has 1 aliphatic rings. The van der Waals surface area contributed by atoms with Crippen LogP contribution in [0, 0.1) is 11.8 Å². The van der Waals surface area contributed by atoms with Gasteiger partial charge < -0.3 is 0 Å². The first kappa shape index (κ1) is 14.7. The molecule has 0 aliphatic carbocycles. The van der Waals surface area contributed by atoms with Gasteiger partial charge in [-0.3, -0.25) is 15.2 Å². The Morgan fingerprint density at radius 2 is 2.05 bits per heavy atom. The summed E-state index contributed by atoms with van der Waals surface area (Å²) in [5.74, 6) is 10.9. The lowest BCUT2D eigenvalue weighted by atomic mass is 10.1. The minimum absolute atomic E-state index is 0. The van der Waals surface area contributed by atoms with E-state index in [0.29, 0.717) is 0 Å². The summed E-state index contributed by atoms with van der Waals surface area (Å²) in [7, 11) is 0. The van der Waals surface area contributed by atoms with Crippen LogP contribution in [0.25, 0.3) is 0 Å². The van der Waals surface area contributed by atoms with Crippen molar-refractivity contribution in [2.75, 3.05) is 0 Å². The van der Waals surface area contributed by atoms with Crippen LogP contribution in [-0.2, 0) is 11.2 Å². The van der Waals surface area contributed by atoms with E-state index in [2.05, 4.69) is 22.3 Å². The zero-order chi connectivity index (χ0) is 12.8. The third kappa shape index (κ3) is 4.41. The SMILES string of the molecule is C.NNC(=O)Cc1ccc(C#CC2=NC=CC2)cc1. The highest BCUT2D eigenvalue weighted by atomic mass is 16.2. The molecular formula is C15H17N3O. The number of nitrogens with zero attached hydrogens (tertiary/aromatic N) is 1. The molecule has 0 radical (unpaired) electrons. The highest BCUT2D eigenvalue weighted by Crippen LogP contribution is 2.05. The van der Waals surface area contributed by atoms with Crippen molar-refractivity contribution in [2.45, 2.75) is 20.3 Å². The maximum Gasteiger partial charge on any atom is 0.238 e. The number of nitrogens with two attached hydrogens (primary N) is 1.